The Morgan fingerprint density at radius 2 is 1.02 bits per heavy atom. The van der Waals surface area contributed by atoms with Gasteiger partial charge in [-0.1, -0.05) is 78.1 Å². The minimum absolute atomic E-state index is 0.279. The summed E-state index contributed by atoms with van der Waals surface area (Å²) in [6, 6.07) is 47.1. The number of nitrogens with zero attached hydrogens (tertiary/aromatic N) is 2. The predicted octanol–water partition coefficient (Wildman–Crippen LogP) is 8.01. The van der Waals surface area contributed by atoms with Crippen LogP contribution in [-0.2, 0) is 0 Å². The van der Waals surface area contributed by atoms with Gasteiger partial charge in [-0.2, -0.15) is 0 Å². The minimum atomic E-state index is 0.279. The molecule has 7 aromatic rings. The molecule has 0 spiro atoms. The van der Waals surface area contributed by atoms with Crippen molar-refractivity contribution in [1.82, 2.24) is 4.57 Å². The summed E-state index contributed by atoms with van der Waals surface area (Å²) in [4.78, 5) is 8.05. The molecule has 6 aromatic carbocycles. The first-order valence-corrected chi connectivity index (χ1v) is 15.6. The molecule has 2 nitrogen and oxygen atoms in total. The molecular weight excluding hydrogens is 535 g/mol. The van der Waals surface area contributed by atoms with E-state index in [1.165, 1.54) is 80.5 Å². The van der Waals surface area contributed by atoms with E-state index in [2.05, 4.69) is 137 Å². The highest BCUT2D eigenvalue weighted by molar-refractivity contribution is 8.01. The van der Waals surface area contributed by atoms with E-state index in [1.807, 2.05) is 23.5 Å². The fraction of sp³-hybridized carbons (Fsp3) is 0. The monoisotopic (exact) mass is 556 g/mol. The van der Waals surface area contributed by atoms with Crippen LogP contribution in [-0.4, -0.2) is 11.3 Å². The molecule has 190 valence electrons. The highest BCUT2D eigenvalue weighted by Gasteiger charge is 2.45. The third-order valence-corrected chi connectivity index (χ3v) is 11.1. The van der Waals surface area contributed by atoms with Crippen LogP contribution in [0.1, 0.15) is 0 Å². The number of fused-ring (bicyclic) bond motifs is 3. The van der Waals surface area contributed by atoms with E-state index in [0.717, 1.165) is 0 Å². The first-order chi connectivity index (χ1) is 20.3. The molecule has 0 radical (unpaired) electrons. The summed E-state index contributed by atoms with van der Waals surface area (Å²) in [7, 11) is 0. The second kappa shape index (κ2) is 8.13. The van der Waals surface area contributed by atoms with Crippen LogP contribution in [0.4, 0.5) is 17.1 Å². The van der Waals surface area contributed by atoms with Crippen LogP contribution in [0.2, 0.25) is 0 Å². The van der Waals surface area contributed by atoms with Crippen molar-refractivity contribution in [3.63, 3.8) is 0 Å². The lowest BCUT2D eigenvalue weighted by atomic mass is 9.34. The number of hydrogen-bond acceptors (Lipinski definition) is 3. The van der Waals surface area contributed by atoms with Gasteiger partial charge in [0.05, 0.1) is 11.0 Å². The van der Waals surface area contributed by atoms with Crippen LogP contribution in [0.3, 0.4) is 0 Å². The Balaban J connectivity index is 1.26. The Hall–Kier alpha value is -4.32. The molecule has 0 saturated heterocycles. The van der Waals surface area contributed by atoms with Crippen molar-refractivity contribution >= 4 is 85.5 Å². The normalized spacial score (nSPS) is 14.0. The second-order valence-corrected chi connectivity index (χ2v) is 13.1. The van der Waals surface area contributed by atoms with Crippen molar-refractivity contribution in [2.45, 2.75) is 19.6 Å². The first-order valence-electron chi connectivity index (χ1n) is 14.0. The van der Waals surface area contributed by atoms with E-state index < -0.39 is 0 Å². The highest BCUT2D eigenvalue weighted by atomic mass is 32.2. The maximum atomic E-state index is 2.52. The molecule has 3 aliphatic heterocycles. The number of aromatic nitrogens is 1. The lowest BCUT2D eigenvalue weighted by Gasteiger charge is -2.43. The number of hydrogen-bond donors (Lipinski definition) is 0. The predicted molar refractivity (Wildman–Crippen MR) is 175 cm³/mol. The number of anilines is 3. The minimum Gasteiger partial charge on any atom is -0.311 e. The topological polar surface area (TPSA) is 8.17 Å². The molecular formula is C36H21BN2S2. The maximum absolute atomic E-state index is 2.52. The molecule has 0 fully saturated rings. The fourth-order valence-corrected chi connectivity index (χ4v) is 9.70. The number of benzene rings is 6. The smallest absolute Gasteiger partial charge is 0.252 e. The summed E-state index contributed by atoms with van der Waals surface area (Å²) in [5.74, 6) is 0. The Morgan fingerprint density at radius 1 is 0.439 bits per heavy atom. The zero-order chi connectivity index (χ0) is 26.7. The molecule has 41 heavy (non-hydrogen) atoms. The van der Waals surface area contributed by atoms with E-state index in [4.69, 9.17) is 0 Å². The Bertz CT molecular complexity index is 2160. The lowest BCUT2D eigenvalue weighted by Crippen LogP contribution is -2.62. The third kappa shape index (κ3) is 2.92. The lowest BCUT2D eigenvalue weighted by molar-refractivity contribution is 1.18. The Morgan fingerprint density at radius 3 is 1.73 bits per heavy atom. The number of rotatable bonds is 2. The summed E-state index contributed by atoms with van der Waals surface area (Å²) in [6.45, 7) is 0.279. The highest BCUT2D eigenvalue weighted by Crippen LogP contribution is 2.47. The van der Waals surface area contributed by atoms with Crippen molar-refractivity contribution in [3.8, 4) is 5.69 Å². The molecule has 0 atom stereocenters. The quantitative estimate of drug-likeness (QED) is 0.200. The van der Waals surface area contributed by atoms with Crippen LogP contribution in [0, 0.1) is 0 Å². The van der Waals surface area contributed by atoms with E-state index in [1.54, 1.807) is 0 Å². The van der Waals surface area contributed by atoms with E-state index in [-0.39, 0.29) is 6.71 Å². The summed E-state index contributed by atoms with van der Waals surface area (Å²) in [6.07, 6.45) is 0. The van der Waals surface area contributed by atoms with Gasteiger partial charge in [0.1, 0.15) is 0 Å². The van der Waals surface area contributed by atoms with Crippen LogP contribution >= 0.6 is 23.5 Å². The van der Waals surface area contributed by atoms with Gasteiger partial charge in [0, 0.05) is 53.1 Å². The van der Waals surface area contributed by atoms with Crippen molar-refractivity contribution in [1.29, 1.82) is 0 Å². The molecule has 4 heterocycles. The Kier molecular flexibility index (Phi) is 4.44. The summed E-state index contributed by atoms with van der Waals surface area (Å²) in [5.41, 5.74) is 11.8. The zero-order valence-corrected chi connectivity index (χ0v) is 23.5. The Labute approximate surface area is 246 Å². The summed E-state index contributed by atoms with van der Waals surface area (Å²) < 4.78 is 2.39. The maximum Gasteiger partial charge on any atom is 0.252 e. The van der Waals surface area contributed by atoms with Gasteiger partial charge in [0.25, 0.3) is 6.71 Å². The molecule has 1 aromatic heterocycles. The van der Waals surface area contributed by atoms with Crippen LogP contribution < -0.4 is 21.3 Å². The van der Waals surface area contributed by atoms with E-state index in [9.17, 15) is 0 Å². The summed E-state index contributed by atoms with van der Waals surface area (Å²) >= 11 is 3.85. The fourth-order valence-electron chi connectivity index (χ4n) is 7.23. The average Bonchev–Trinajstić information content (AvgIpc) is 3.35. The van der Waals surface area contributed by atoms with Gasteiger partial charge in [-0.3, -0.25) is 0 Å². The SMILES string of the molecule is c1ccc(-n2c3ccccc3c3cc(N4c5cccc6c5B5c7c(cccc7Sc7cccc4c75)S6)ccc32)cc1. The molecule has 0 amide bonds. The van der Waals surface area contributed by atoms with Gasteiger partial charge in [-0.05, 0) is 89.2 Å². The molecule has 3 aliphatic rings. The van der Waals surface area contributed by atoms with Crippen molar-refractivity contribution in [2.24, 2.45) is 0 Å². The van der Waals surface area contributed by atoms with Gasteiger partial charge in [0.2, 0.25) is 0 Å². The molecule has 0 unspecified atom stereocenters. The van der Waals surface area contributed by atoms with Gasteiger partial charge in [-0.15, -0.1) is 0 Å². The largest absolute Gasteiger partial charge is 0.311 e. The number of para-hydroxylation sites is 2. The molecule has 5 heteroatoms. The van der Waals surface area contributed by atoms with Crippen LogP contribution in [0.15, 0.2) is 147 Å². The molecule has 0 aliphatic carbocycles. The van der Waals surface area contributed by atoms with E-state index in [0.29, 0.717) is 0 Å². The van der Waals surface area contributed by atoms with Gasteiger partial charge >= 0.3 is 0 Å². The van der Waals surface area contributed by atoms with E-state index >= 15 is 0 Å². The molecule has 10 rings (SSSR count). The van der Waals surface area contributed by atoms with Crippen molar-refractivity contribution < 1.29 is 0 Å². The van der Waals surface area contributed by atoms with Crippen LogP contribution in [0.25, 0.3) is 27.5 Å². The first kappa shape index (κ1) is 22.4. The second-order valence-electron chi connectivity index (χ2n) is 10.9. The van der Waals surface area contributed by atoms with Crippen molar-refractivity contribution in [2.75, 3.05) is 4.90 Å². The molecule has 0 N–H and O–H groups in total. The van der Waals surface area contributed by atoms with Gasteiger partial charge in [-0.25, -0.2) is 0 Å². The standard InChI is InChI=1S/C36H21BN2S2/c1-2-9-22(10-3-1)38-26-12-5-4-11-24(26)25-21-23(19-20-27(25)38)39-28-13-6-15-30-34(28)37-35-29(39)14-7-16-31(35)41-33-18-8-17-32(40-30)36(33)37/h1-21H. The molecule has 0 bridgehead atoms. The average molecular weight is 557 g/mol. The van der Waals surface area contributed by atoms with Gasteiger partial charge in [0.15, 0.2) is 0 Å². The zero-order valence-electron chi connectivity index (χ0n) is 21.9. The van der Waals surface area contributed by atoms with Crippen LogP contribution in [0.5, 0.6) is 0 Å². The summed E-state index contributed by atoms with van der Waals surface area (Å²) in [5, 5.41) is 2.55. The van der Waals surface area contributed by atoms with Gasteiger partial charge < -0.3 is 9.47 Å². The molecule has 0 saturated carbocycles. The third-order valence-electron chi connectivity index (χ3n) is 8.83. The van der Waals surface area contributed by atoms with Crippen molar-refractivity contribution in [3.05, 3.63) is 127 Å².